The average Bonchev–Trinajstić information content (AvgIpc) is 2.87. The maximum Gasteiger partial charge on any atom is 0.452 e. The number of carboxylic acid groups (broad SMARTS) is 1. The lowest BCUT2D eigenvalue weighted by atomic mass is 10.1. The number of aliphatic hydroxyl groups excluding tert-OH is 1. The van der Waals surface area contributed by atoms with Crippen molar-refractivity contribution in [2.75, 3.05) is 13.2 Å². The second-order valence-corrected chi connectivity index (χ2v) is 10.2. The van der Waals surface area contributed by atoms with E-state index in [1.807, 2.05) is 0 Å². The Kier molecular flexibility index (Phi) is 12.0. The van der Waals surface area contributed by atoms with E-state index in [-0.39, 0.29) is 17.9 Å². The summed E-state index contributed by atoms with van der Waals surface area (Å²) in [6.07, 6.45) is 0.717. The van der Waals surface area contributed by atoms with Crippen molar-refractivity contribution >= 4 is 25.4 Å². The number of nitrogens with one attached hydrogen (secondary N) is 2. The highest BCUT2D eigenvalue weighted by Gasteiger charge is 2.40. The van der Waals surface area contributed by atoms with Crippen LogP contribution in [0.1, 0.15) is 25.7 Å². The Hall–Kier alpha value is -3.44. The van der Waals surface area contributed by atoms with Gasteiger partial charge in [0.05, 0.1) is 19.1 Å². The Bertz CT molecular complexity index is 1010. The zero-order chi connectivity index (χ0) is 27.3. The molecule has 1 unspecified atom stereocenters. The molecule has 12 nitrogen and oxygen atoms in total. The molecule has 0 spiro atoms. The van der Waals surface area contributed by atoms with Crippen LogP contribution in [-0.4, -0.2) is 59.0 Å². The van der Waals surface area contributed by atoms with Crippen LogP contribution in [0.15, 0.2) is 60.7 Å². The third-order valence-corrected chi connectivity index (χ3v) is 7.21. The summed E-state index contributed by atoms with van der Waals surface area (Å²) in [5, 5.41) is 22.7. The van der Waals surface area contributed by atoms with Gasteiger partial charge in [0, 0.05) is 0 Å². The second kappa shape index (κ2) is 15.0. The second-order valence-electron chi connectivity index (χ2n) is 8.11. The number of carbonyl (C=O) groups excluding carboxylic acids is 2. The van der Waals surface area contributed by atoms with Crippen LogP contribution in [-0.2, 0) is 18.9 Å². The van der Waals surface area contributed by atoms with Crippen molar-refractivity contribution < 1.29 is 38.2 Å². The van der Waals surface area contributed by atoms with Gasteiger partial charge in [0.25, 0.3) is 0 Å². The molecule has 13 heteroatoms. The van der Waals surface area contributed by atoms with Crippen molar-refractivity contribution in [3.63, 3.8) is 0 Å². The van der Waals surface area contributed by atoms with Gasteiger partial charge >= 0.3 is 13.6 Å². The summed E-state index contributed by atoms with van der Waals surface area (Å²) in [6.45, 7) is -0.468. The van der Waals surface area contributed by atoms with Crippen LogP contribution in [0.3, 0.4) is 0 Å². The molecule has 0 saturated carbocycles. The molecule has 0 aliphatic rings. The minimum Gasteiger partial charge on any atom is -0.480 e. The normalized spacial score (nSPS) is 13.6. The highest BCUT2D eigenvalue weighted by atomic mass is 31.2. The Balaban J connectivity index is 2.24. The molecule has 0 saturated heterocycles. The van der Waals surface area contributed by atoms with Crippen molar-refractivity contribution in [2.45, 2.75) is 43.5 Å². The fourth-order valence-electron chi connectivity index (χ4n) is 3.20. The van der Waals surface area contributed by atoms with Crippen LogP contribution in [0.4, 0.5) is 0 Å². The van der Waals surface area contributed by atoms with Crippen molar-refractivity contribution in [2.24, 2.45) is 11.5 Å². The van der Waals surface area contributed by atoms with Gasteiger partial charge in [-0.2, -0.15) is 0 Å². The number of hydrogen-bond donors (Lipinski definition) is 6. The molecular formula is C24H33N4O8P. The van der Waals surface area contributed by atoms with Crippen LogP contribution in [0.2, 0.25) is 0 Å². The molecule has 0 radical (unpaired) electrons. The van der Waals surface area contributed by atoms with E-state index >= 15 is 0 Å². The molecule has 3 atom stereocenters. The van der Waals surface area contributed by atoms with Gasteiger partial charge in [-0.05, 0) is 50.1 Å². The zero-order valence-corrected chi connectivity index (χ0v) is 21.1. The van der Waals surface area contributed by atoms with E-state index in [2.05, 4.69) is 10.6 Å². The number of rotatable bonds is 16. The number of para-hydroxylation sites is 2. The molecule has 2 amide bonds. The summed E-state index contributed by atoms with van der Waals surface area (Å²) >= 11 is 0. The number of unbranched alkanes of at least 4 members (excludes halogenated alkanes) is 1. The molecule has 2 aromatic rings. The van der Waals surface area contributed by atoms with Gasteiger partial charge in [-0.1, -0.05) is 36.4 Å². The molecule has 202 valence electrons. The first-order valence-electron chi connectivity index (χ1n) is 11.7. The predicted octanol–water partition coefficient (Wildman–Crippen LogP) is 1.19. The maximum absolute atomic E-state index is 14.2. The first-order chi connectivity index (χ1) is 17.7. The number of benzene rings is 2. The third kappa shape index (κ3) is 9.85. The number of carboxylic acids is 1. The van der Waals surface area contributed by atoms with E-state index < -0.39 is 56.3 Å². The van der Waals surface area contributed by atoms with Crippen molar-refractivity contribution in [1.82, 2.24) is 10.6 Å². The van der Waals surface area contributed by atoms with Crippen LogP contribution < -0.4 is 31.1 Å². The number of aliphatic hydroxyl groups is 1. The van der Waals surface area contributed by atoms with E-state index in [4.69, 9.17) is 30.7 Å². The van der Waals surface area contributed by atoms with Crippen LogP contribution >= 0.6 is 7.60 Å². The fraction of sp³-hybridized carbons (Fsp3) is 0.375. The van der Waals surface area contributed by atoms with Gasteiger partial charge in [0.2, 0.25) is 11.8 Å². The maximum atomic E-state index is 14.2. The lowest BCUT2D eigenvalue weighted by Gasteiger charge is -2.28. The molecule has 2 rings (SSSR count). The van der Waals surface area contributed by atoms with Crippen LogP contribution in [0.25, 0.3) is 0 Å². The summed E-state index contributed by atoms with van der Waals surface area (Å²) in [6, 6.07) is 13.7. The Morgan fingerprint density at radius 1 is 0.919 bits per heavy atom. The van der Waals surface area contributed by atoms with Gasteiger partial charge in [0.1, 0.15) is 17.5 Å². The number of carbonyl (C=O) groups is 3. The first-order valence-corrected chi connectivity index (χ1v) is 13.3. The van der Waals surface area contributed by atoms with Crippen LogP contribution in [0, 0.1) is 0 Å². The first kappa shape index (κ1) is 29.8. The Labute approximate surface area is 214 Å². The summed E-state index contributed by atoms with van der Waals surface area (Å²) in [5.41, 5.74) is 11.4. The summed E-state index contributed by atoms with van der Waals surface area (Å²) in [7, 11) is -4.10. The molecule has 0 aliphatic heterocycles. The van der Waals surface area contributed by atoms with Crippen molar-refractivity contribution in [3.05, 3.63) is 60.7 Å². The summed E-state index contributed by atoms with van der Waals surface area (Å²) in [5.74, 6) is -3.72. The largest absolute Gasteiger partial charge is 0.480 e. The van der Waals surface area contributed by atoms with E-state index in [0.29, 0.717) is 19.4 Å². The molecule has 0 heterocycles. The fourth-order valence-corrected chi connectivity index (χ4v) is 5.12. The Morgan fingerprint density at radius 2 is 1.46 bits per heavy atom. The van der Waals surface area contributed by atoms with E-state index in [1.165, 1.54) is 0 Å². The van der Waals surface area contributed by atoms with Gasteiger partial charge in [-0.15, -0.1) is 0 Å². The zero-order valence-electron chi connectivity index (χ0n) is 20.2. The van der Waals surface area contributed by atoms with Gasteiger partial charge in [-0.25, -0.2) is 9.36 Å². The summed E-state index contributed by atoms with van der Waals surface area (Å²) < 4.78 is 25.8. The molecule has 37 heavy (non-hydrogen) atoms. The van der Waals surface area contributed by atoms with Crippen LogP contribution in [0.5, 0.6) is 11.5 Å². The van der Waals surface area contributed by atoms with E-state index in [1.54, 1.807) is 60.7 Å². The number of aliphatic carboxylic acids is 1. The minimum atomic E-state index is -4.10. The molecule has 8 N–H and O–H groups in total. The van der Waals surface area contributed by atoms with E-state index in [9.17, 15) is 18.9 Å². The summed E-state index contributed by atoms with van der Waals surface area (Å²) in [4.78, 5) is 36.1. The highest BCUT2D eigenvalue weighted by molar-refractivity contribution is 7.55. The molecule has 0 bridgehead atoms. The SMILES string of the molecule is NCCCCC(NC(=O)C[C@H](N)C(=O)N[C@@H](CO)C(=O)O)P(=O)(Oc1ccccc1)Oc1ccccc1. The number of nitrogens with two attached hydrogens (primary N) is 2. The third-order valence-electron chi connectivity index (χ3n) is 5.13. The molecular weight excluding hydrogens is 503 g/mol. The molecule has 0 fully saturated rings. The van der Waals surface area contributed by atoms with Gasteiger partial charge < -0.3 is 41.4 Å². The lowest BCUT2D eigenvalue weighted by molar-refractivity contribution is -0.143. The Morgan fingerprint density at radius 3 is 1.92 bits per heavy atom. The van der Waals surface area contributed by atoms with Gasteiger partial charge in [-0.3, -0.25) is 9.59 Å². The predicted molar refractivity (Wildman–Crippen MR) is 136 cm³/mol. The number of amides is 2. The molecule has 2 aromatic carbocycles. The van der Waals surface area contributed by atoms with Crippen molar-refractivity contribution in [1.29, 1.82) is 0 Å². The lowest BCUT2D eigenvalue weighted by Crippen LogP contribution is -2.51. The number of hydrogen-bond acceptors (Lipinski definition) is 9. The molecule has 0 aromatic heterocycles. The standard InChI is InChI=1S/C24H33N4O8P/c25-14-8-7-13-22(28-21(30)15-19(26)23(31)27-20(16-29)24(32)33)37(34,35-17-9-3-1-4-10-17)36-18-11-5-2-6-12-18/h1-6,9-12,19-20,22,29H,7-8,13-16,25-26H2,(H,27,31)(H,28,30)(H,32,33)/t19-,20-,22?/m0/s1. The van der Waals surface area contributed by atoms with Crippen molar-refractivity contribution in [3.8, 4) is 11.5 Å². The quantitative estimate of drug-likeness (QED) is 0.134. The van der Waals surface area contributed by atoms with Gasteiger partial charge in [0.15, 0.2) is 5.78 Å². The average molecular weight is 537 g/mol. The smallest absolute Gasteiger partial charge is 0.452 e. The van der Waals surface area contributed by atoms with E-state index in [0.717, 1.165) is 0 Å². The monoisotopic (exact) mass is 536 g/mol. The minimum absolute atomic E-state index is 0.187. The topological polar surface area (TPSA) is 203 Å². The molecule has 0 aliphatic carbocycles. The highest BCUT2D eigenvalue weighted by Crippen LogP contribution is 2.53.